The topological polar surface area (TPSA) is 170 Å². The third-order valence-electron chi connectivity index (χ3n) is 5.12. The summed E-state index contributed by atoms with van der Waals surface area (Å²) in [5, 5.41) is 24.1. The number of aliphatic carboxylic acids is 1. The van der Waals surface area contributed by atoms with Gasteiger partial charge in [-0.05, 0) is 23.6 Å². The molecule has 0 radical (unpaired) electrons. The van der Waals surface area contributed by atoms with Crippen LogP contribution in [0.3, 0.4) is 0 Å². The molecule has 0 spiro atoms. The molecule has 1 aromatic carbocycles. The molecule has 0 unspecified atom stereocenters. The molecule has 0 saturated carbocycles. The second-order valence-electron chi connectivity index (χ2n) is 7.53. The molecule has 10 nitrogen and oxygen atoms in total. The summed E-state index contributed by atoms with van der Waals surface area (Å²) in [6.45, 7) is 3.56. The van der Waals surface area contributed by atoms with Crippen molar-refractivity contribution in [1.82, 2.24) is 20.6 Å². The van der Waals surface area contributed by atoms with Gasteiger partial charge in [-0.15, -0.1) is 0 Å². The van der Waals surface area contributed by atoms with Gasteiger partial charge in [-0.1, -0.05) is 32.4 Å². The molecular formula is C21H29N5O5. The van der Waals surface area contributed by atoms with Crippen molar-refractivity contribution in [3.63, 3.8) is 0 Å². The highest BCUT2D eigenvalue weighted by molar-refractivity contribution is 5.92. The van der Waals surface area contributed by atoms with Crippen LogP contribution < -0.4 is 16.4 Å². The number of phenols is 1. The number of aromatic hydroxyl groups is 1. The second-order valence-corrected chi connectivity index (χ2v) is 7.53. The van der Waals surface area contributed by atoms with Gasteiger partial charge in [0, 0.05) is 24.7 Å². The summed E-state index contributed by atoms with van der Waals surface area (Å²) in [5.74, 6) is -2.55. The fourth-order valence-electron chi connectivity index (χ4n) is 3.02. The predicted molar refractivity (Wildman–Crippen MR) is 113 cm³/mol. The number of hydrogen-bond acceptors (Lipinski definition) is 6. The van der Waals surface area contributed by atoms with Crippen molar-refractivity contribution in [3.05, 3.63) is 48.0 Å². The Hall–Kier alpha value is -3.40. The Morgan fingerprint density at radius 3 is 2.35 bits per heavy atom. The van der Waals surface area contributed by atoms with Crippen LogP contribution in [0.2, 0.25) is 0 Å². The van der Waals surface area contributed by atoms with Crippen molar-refractivity contribution in [1.29, 1.82) is 0 Å². The zero-order valence-electron chi connectivity index (χ0n) is 17.5. The number of nitrogens with one attached hydrogen (secondary N) is 3. The monoisotopic (exact) mass is 431 g/mol. The van der Waals surface area contributed by atoms with E-state index >= 15 is 0 Å². The van der Waals surface area contributed by atoms with E-state index in [-0.39, 0.29) is 24.5 Å². The number of nitrogens with two attached hydrogens (primary N) is 1. The number of phenolic OH excluding ortho intramolecular Hbond substituents is 1. The summed E-state index contributed by atoms with van der Waals surface area (Å²) in [4.78, 5) is 43.9. The summed E-state index contributed by atoms with van der Waals surface area (Å²) in [6, 6.07) is 3.11. The molecular weight excluding hydrogens is 402 g/mol. The average Bonchev–Trinajstić information content (AvgIpc) is 3.25. The Morgan fingerprint density at radius 1 is 1.13 bits per heavy atom. The molecule has 0 bridgehead atoms. The molecule has 168 valence electrons. The molecule has 31 heavy (non-hydrogen) atoms. The number of carbonyl (C=O) groups excluding carboxylic acids is 2. The molecule has 10 heteroatoms. The third-order valence-corrected chi connectivity index (χ3v) is 5.12. The smallest absolute Gasteiger partial charge is 0.326 e. The van der Waals surface area contributed by atoms with Gasteiger partial charge in [0.25, 0.3) is 0 Å². The fraction of sp³-hybridized carbons (Fsp3) is 0.429. The second kappa shape index (κ2) is 11.1. The number of carbonyl (C=O) groups is 3. The molecule has 0 fully saturated rings. The number of nitrogens with zero attached hydrogens (tertiary/aromatic N) is 1. The van der Waals surface area contributed by atoms with Crippen LogP contribution in [0.15, 0.2) is 36.8 Å². The van der Waals surface area contributed by atoms with Crippen LogP contribution >= 0.6 is 0 Å². The van der Waals surface area contributed by atoms with Gasteiger partial charge in [-0.2, -0.15) is 0 Å². The maximum atomic E-state index is 12.9. The first kappa shape index (κ1) is 23.9. The molecule has 4 atom stereocenters. The number of rotatable bonds is 11. The number of hydrogen-bond donors (Lipinski definition) is 6. The lowest BCUT2D eigenvalue weighted by Crippen LogP contribution is -2.56. The minimum atomic E-state index is -1.15. The average molecular weight is 431 g/mol. The molecule has 1 aromatic heterocycles. The predicted octanol–water partition coefficient (Wildman–Crippen LogP) is 0.328. The molecule has 0 saturated heterocycles. The molecule has 0 aliphatic rings. The number of carboxylic acid groups (broad SMARTS) is 1. The van der Waals surface area contributed by atoms with E-state index in [2.05, 4.69) is 20.6 Å². The van der Waals surface area contributed by atoms with Crippen LogP contribution in [0.1, 0.15) is 31.5 Å². The van der Waals surface area contributed by atoms with Gasteiger partial charge in [0.2, 0.25) is 11.8 Å². The summed E-state index contributed by atoms with van der Waals surface area (Å²) >= 11 is 0. The van der Waals surface area contributed by atoms with Gasteiger partial charge < -0.3 is 31.6 Å². The van der Waals surface area contributed by atoms with Crippen molar-refractivity contribution in [3.8, 4) is 5.75 Å². The normalized spacial score (nSPS) is 14.8. The zero-order valence-corrected chi connectivity index (χ0v) is 17.5. The van der Waals surface area contributed by atoms with E-state index in [0.717, 1.165) is 0 Å². The van der Waals surface area contributed by atoms with Crippen LogP contribution in [0, 0.1) is 5.92 Å². The van der Waals surface area contributed by atoms with Gasteiger partial charge >= 0.3 is 5.97 Å². The van der Waals surface area contributed by atoms with Crippen molar-refractivity contribution >= 4 is 17.8 Å². The minimum Gasteiger partial charge on any atom is -0.508 e. The maximum absolute atomic E-state index is 12.9. The van der Waals surface area contributed by atoms with Gasteiger partial charge in [-0.25, -0.2) is 9.78 Å². The first-order valence-corrected chi connectivity index (χ1v) is 10.1. The lowest BCUT2D eigenvalue weighted by atomic mass is 9.98. The van der Waals surface area contributed by atoms with E-state index in [4.69, 9.17) is 5.73 Å². The Morgan fingerprint density at radius 2 is 1.81 bits per heavy atom. The molecule has 0 aliphatic heterocycles. The van der Waals surface area contributed by atoms with Crippen LogP contribution in [0.5, 0.6) is 5.75 Å². The number of aromatic amines is 1. The minimum absolute atomic E-state index is 0.0677. The number of imidazole rings is 1. The van der Waals surface area contributed by atoms with Crippen LogP contribution in [0.25, 0.3) is 0 Å². The van der Waals surface area contributed by atoms with Gasteiger partial charge in [0.15, 0.2) is 0 Å². The summed E-state index contributed by atoms with van der Waals surface area (Å²) in [6.07, 6.45) is 3.88. The number of amides is 2. The van der Waals surface area contributed by atoms with Gasteiger partial charge in [-0.3, -0.25) is 9.59 Å². The largest absolute Gasteiger partial charge is 0.508 e. The van der Waals surface area contributed by atoms with Crippen LogP contribution in [0.4, 0.5) is 0 Å². The SMILES string of the molecule is CC[C@H](C)[C@H](NC(=O)[C@H](Cc1ccc(O)cc1)NC(=O)[C@@H](N)Cc1cnc[nH]1)C(=O)O. The van der Waals surface area contributed by atoms with Crippen molar-refractivity contribution in [2.24, 2.45) is 11.7 Å². The van der Waals surface area contributed by atoms with E-state index in [9.17, 15) is 24.6 Å². The van der Waals surface area contributed by atoms with Gasteiger partial charge in [0.05, 0.1) is 12.4 Å². The van der Waals surface area contributed by atoms with Crippen LogP contribution in [-0.2, 0) is 27.2 Å². The highest BCUT2D eigenvalue weighted by atomic mass is 16.4. The Labute approximate surface area is 180 Å². The molecule has 2 rings (SSSR count). The summed E-state index contributed by atoms with van der Waals surface area (Å²) in [5.41, 5.74) is 7.32. The van der Waals surface area contributed by atoms with Crippen LogP contribution in [-0.4, -0.2) is 56.1 Å². The number of carboxylic acids is 1. The summed E-state index contributed by atoms with van der Waals surface area (Å²) < 4.78 is 0. The maximum Gasteiger partial charge on any atom is 0.326 e. The number of benzene rings is 1. The van der Waals surface area contributed by atoms with Gasteiger partial charge in [0.1, 0.15) is 17.8 Å². The molecule has 7 N–H and O–H groups in total. The molecule has 2 aromatic rings. The molecule has 0 aliphatic carbocycles. The van der Waals surface area contributed by atoms with E-state index in [0.29, 0.717) is 17.7 Å². The number of aromatic nitrogens is 2. The van der Waals surface area contributed by atoms with Crippen molar-refractivity contribution in [2.75, 3.05) is 0 Å². The standard InChI is InChI=1S/C21H29N5O5/c1-3-12(2)18(21(30)31)26-20(29)17(8-13-4-6-15(27)7-5-13)25-19(28)16(22)9-14-10-23-11-24-14/h4-7,10-12,16-18,27H,3,8-9,22H2,1-2H3,(H,23,24)(H,25,28)(H,26,29)(H,30,31)/t12-,16-,17-,18-/m0/s1. The fourth-order valence-corrected chi connectivity index (χ4v) is 3.02. The lowest BCUT2D eigenvalue weighted by Gasteiger charge is -2.25. The van der Waals surface area contributed by atoms with Crippen molar-refractivity contribution < 1.29 is 24.6 Å². The molecule has 1 heterocycles. The highest BCUT2D eigenvalue weighted by Crippen LogP contribution is 2.13. The van der Waals surface area contributed by atoms with E-state index in [1.165, 1.54) is 18.5 Å². The number of H-pyrrole nitrogens is 1. The van der Waals surface area contributed by atoms with E-state index < -0.39 is 35.9 Å². The Bertz CT molecular complexity index is 869. The molecule has 2 amide bonds. The quantitative estimate of drug-likeness (QED) is 0.298. The van der Waals surface area contributed by atoms with E-state index in [1.54, 1.807) is 25.3 Å². The third kappa shape index (κ3) is 7.10. The highest BCUT2D eigenvalue weighted by Gasteiger charge is 2.30. The Balaban J connectivity index is 2.16. The lowest BCUT2D eigenvalue weighted by molar-refractivity contribution is -0.143. The van der Waals surface area contributed by atoms with Crippen molar-refractivity contribution in [2.45, 2.75) is 51.2 Å². The summed E-state index contributed by atoms with van der Waals surface area (Å²) in [7, 11) is 0. The van der Waals surface area contributed by atoms with E-state index in [1.807, 2.05) is 6.92 Å². The zero-order chi connectivity index (χ0) is 23.0. The first-order chi connectivity index (χ1) is 14.7. The first-order valence-electron chi connectivity index (χ1n) is 10.1. The Kier molecular flexibility index (Phi) is 8.56.